The van der Waals surface area contributed by atoms with E-state index < -0.39 is 0 Å². The van der Waals surface area contributed by atoms with Crippen LogP contribution in [0.5, 0.6) is 0 Å². The summed E-state index contributed by atoms with van der Waals surface area (Å²) >= 11 is 5.26. The van der Waals surface area contributed by atoms with Crippen LogP contribution in [0.2, 0.25) is 0 Å². The van der Waals surface area contributed by atoms with Gasteiger partial charge in [0.15, 0.2) is 0 Å². The summed E-state index contributed by atoms with van der Waals surface area (Å²) < 4.78 is 14.4. The van der Waals surface area contributed by atoms with Crippen LogP contribution in [-0.4, -0.2) is 6.54 Å². The highest BCUT2D eigenvalue weighted by molar-refractivity contribution is 9.10. The van der Waals surface area contributed by atoms with Crippen molar-refractivity contribution in [3.8, 4) is 0 Å². The molecule has 1 unspecified atom stereocenters. The molecule has 2 rings (SSSR count). The van der Waals surface area contributed by atoms with E-state index in [1.807, 2.05) is 13.0 Å². The number of benzene rings is 1. The van der Waals surface area contributed by atoms with E-state index in [0.717, 1.165) is 28.6 Å². The molecule has 0 saturated heterocycles. The van der Waals surface area contributed by atoms with Gasteiger partial charge in [-0.1, -0.05) is 13.0 Å². The van der Waals surface area contributed by atoms with E-state index in [1.54, 1.807) is 17.4 Å². The van der Waals surface area contributed by atoms with Crippen LogP contribution in [0.3, 0.4) is 0 Å². The van der Waals surface area contributed by atoms with Gasteiger partial charge in [-0.2, -0.15) is 11.3 Å². The zero-order chi connectivity index (χ0) is 13.8. The Kier molecular flexibility index (Phi) is 5.13. The van der Waals surface area contributed by atoms with Crippen LogP contribution in [0.15, 0.2) is 33.4 Å². The van der Waals surface area contributed by atoms with E-state index in [9.17, 15) is 4.39 Å². The van der Waals surface area contributed by atoms with Crippen molar-refractivity contribution in [2.75, 3.05) is 6.54 Å². The number of thiophene rings is 1. The molecule has 0 saturated carbocycles. The molecule has 1 heterocycles. The molecule has 1 aromatic carbocycles. The maximum Gasteiger partial charge on any atom is 0.123 e. The zero-order valence-electron chi connectivity index (χ0n) is 11.0. The molecule has 19 heavy (non-hydrogen) atoms. The topological polar surface area (TPSA) is 12.0 Å². The Morgan fingerprint density at radius 1 is 1.32 bits per heavy atom. The number of rotatable bonds is 5. The molecule has 4 heteroatoms. The van der Waals surface area contributed by atoms with Crippen molar-refractivity contribution in [1.82, 2.24) is 5.32 Å². The predicted molar refractivity (Wildman–Crippen MR) is 83.3 cm³/mol. The van der Waals surface area contributed by atoms with Gasteiger partial charge in [-0.3, -0.25) is 0 Å². The maximum absolute atomic E-state index is 13.3. The fourth-order valence-electron chi connectivity index (χ4n) is 2.14. The zero-order valence-corrected chi connectivity index (χ0v) is 13.4. The van der Waals surface area contributed by atoms with Gasteiger partial charge in [0.05, 0.1) is 6.04 Å². The third kappa shape index (κ3) is 3.44. The van der Waals surface area contributed by atoms with Crippen molar-refractivity contribution in [2.24, 2.45) is 0 Å². The molecule has 1 aromatic heterocycles. The number of hydrogen-bond donors (Lipinski definition) is 1. The van der Waals surface area contributed by atoms with Crippen molar-refractivity contribution < 1.29 is 4.39 Å². The second kappa shape index (κ2) is 6.64. The number of aryl methyl sites for hydroxylation is 1. The summed E-state index contributed by atoms with van der Waals surface area (Å²) in [5.41, 5.74) is 3.33. The van der Waals surface area contributed by atoms with Gasteiger partial charge in [0, 0.05) is 9.85 Å². The molecule has 1 atom stereocenters. The van der Waals surface area contributed by atoms with Gasteiger partial charge in [-0.15, -0.1) is 0 Å². The first-order chi connectivity index (χ1) is 9.13. The second-order valence-electron chi connectivity index (χ2n) is 4.56. The van der Waals surface area contributed by atoms with Crippen LogP contribution in [-0.2, 0) is 0 Å². The summed E-state index contributed by atoms with van der Waals surface area (Å²) in [6, 6.07) is 5.11. The SMILES string of the molecule is CCCNC(c1ccc(F)cc1C)c1cscc1Br. The largest absolute Gasteiger partial charge is 0.306 e. The van der Waals surface area contributed by atoms with Gasteiger partial charge in [0.2, 0.25) is 0 Å². The monoisotopic (exact) mass is 341 g/mol. The number of halogens is 2. The quantitative estimate of drug-likeness (QED) is 0.802. The summed E-state index contributed by atoms with van der Waals surface area (Å²) in [5, 5.41) is 7.76. The highest BCUT2D eigenvalue weighted by atomic mass is 79.9. The molecule has 0 radical (unpaired) electrons. The van der Waals surface area contributed by atoms with Gasteiger partial charge in [0.1, 0.15) is 5.82 Å². The lowest BCUT2D eigenvalue weighted by Gasteiger charge is -2.21. The van der Waals surface area contributed by atoms with Crippen molar-refractivity contribution in [2.45, 2.75) is 26.3 Å². The second-order valence-corrected chi connectivity index (χ2v) is 6.16. The minimum absolute atomic E-state index is 0.112. The van der Waals surface area contributed by atoms with E-state index in [4.69, 9.17) is 0 Å². The Morgan fingerprint density at radius 3 is 2.68 bits per heavy atom. The molecule has 1 nitrogen and oxygen atoms in total. The van der Waals surface area contributed by atoms with Gasteiger partial charge in [0.25, 0.3) is 0 Å². The molecule has 0 aliphatic heterocycles. The van der Waals surface area contributed by atoms with Crippen molar-refractivity contribution in [3.05, 3.63) is 55.9 Å². The van der Waals surface area contributed by atoms with Gasteiger partial charge in [-0.25, -0.2) is 4.39 Å². The van der Waals surface area contributed by atoms with Gasteiger partial charge in [-0.05, 0) is 70.0 Å². The van der Waals surface area contributed by atoms with Crippen LogP contribution in [0, 0.1) is 12.7 Å². The Balaban J connectivity index is 2.40. The Morgan fingerprint density at radius 2 is 2.11 bits per heavy atom. The Bertz CT molecular complexity index is 553. The van der Waals surface area contributed by atoms with Crippen molar-refractivity contribution in [1.29, 1.82) is 0 Å². The number of hydrogen-bond acceptors (Lipinski definition) is 2. The molecular weight excluding hydrogens is 325 g/mol. The van der Waals surface area contributed by atoms with E-state index >= 15 is 0 Å². The minimum atomic E-state index is -0.181. The van der Waals surface area contributed by atoms with Crippen LogP contribution in [0.4, 0.5) is 4.39 Å². The average Bonchev–Trinajstić information content (AvgIpc) is 2.78. The normalized spacial score (nSPS) is 12.6. The Labute approximate surface area is 126 Å². The first-order valence-electron chi connectivity index (χ1n) is 6.34. The molecule has 102 valence electrons. The van der Waals surface area contributed by atoms with E-state index in [-0.39, 0.29) is 11.9 Å². The standard InChI is InChI=1S/C15H17BrFNS/c1-3-6-18-15(13-8-19-9-14(13)16)12-5-4-11(17)7-10(12)2/h4-5,7-9,15,18H,3,6H2,1-2H3. The lowest BCUT2D eigenvalue weighted by atomic mass is 9.96. The molecule has 0 amide bonds. The summed E-state index contributed by atoms with van der Waals surface area (Å²) in [7, 11) is 0. The van der Waals surface area contributed by atoms with Gasteiger partial charge < -0.3 is 5.32 Å². The highest BCUT2D eigenvalue weighted by Crippen LogP contribution is 2.33. The average molecular weight is 342 g/mol. The molecule has 0 aliphatic rings. The van der Waals surface area contributed by atoms with Crippen LogP contribution < -0.4 is 5.32 Å². The summed E-state index contributed by atoms with van der Waals surface area (Å²) in [6.45, 7) is 5.04. The predicted octanol–water partition coefficient (Wildman–Crippen LogP) is 5.05. The van der Waals surface area contributed by atoms with Crippen LogP contribution in [0.1, 0.15) is 36.1 Å². The summed E-state index contributed by atoms with van der Waals surface area (Å²) in [6.07, 6.45) is 1.07. The molecule has 1 N–H and O–H groups in total. The molecular formula is C15H17BrFNS. The molecule has 0 spiro atoms. The van der Waals surface area contributed by atoms with Crippen LogP contribution >= 0.6 is 27.3 Å². The van der Waals surface area contributed by atoms with Crippen molar-refractivity contribution in [3.63, 3.8) is 0 Å². The first kappa shape index (κ1) is 14.7. The van der Waals surface area contributed by atoms with Crippen molar-refractivity contribution >= 4 is 27.3 Å². The summed E-state index contributed by atoms with van der Waals surface area (Å²) in [4.78, 5) is 0. The fraction of sp³-hybridized carbons (Fsp3) is 0.333. The smallest absolute Gasteiger partial charge is 0.123 e. The minimum Gasteiger partial charge on any atom is -0.306 e. The van der Waals surface area contributed by atoms with E-state index in [1.165, 1.54) is 11.6 Å². The summed E-state index contributed by atoms with van der Waals surface area (Å²) in [5.74, 6) is -0.181. The van der Waals surface area contributed by atoms with Crippen LogP contribution in [0.25, 0.3) is 0 Å². The highest BCUT2D eigenvalue weighted by Gasteiger charge is 2.18. The van der Waals surface area contributed by atoms with Gasteiger partial charge >= 0.3 is 0 Å². The van der Waals surface area contributed by atoms with E-state index in [2.05, 4.69) is 38.9 Å². The Hall–Kier alpha value is -0.710. The maximum atomic E-state index is 13.3. The first-order valence-corrected chi connectivity index (χ1v) is 8.08. The molecule has 2 aromatic rings. The number of nitrogens with one attached hydrogen (secondary N) is 1. The lowest BCUT2D eigenvalue weighted by molar-refractivity contribution is 0.589. The molecule has 0 fully saturated rings. The lowest BCUT2D eigenvalue weighted by Crippen LogP contribution is -2.23. The van der Waals surface area contributed by atoms with E-state index in [0.29, 0.717) is 0 Å². The third-order valence-corrected chi connectivity index (χ3v) is 4.85. The fourth-order valence-corrected chi connectivity index (χ4v) is 3.69. The molecule has 0 aliphatic carbocycles. The molecule has 0 bridgehead atoms. The third-order valence-electron chi connectivity index (χ3n) is 3.09.